The lowest BCUT2D eigenvalue weighted by Crippen LogP contribution is -2.25. The van der Waals surface area contributed by atoms with Crippen LogP contribution in [0.1, 0.15) is 17.2 Å². The highest BCUT2D eigenvalue weighted by atomic mass is 79.9. The average molecular weight is 368 g/mol. The topological polar surface area (TPSA) is 64.3 Å². The second-order valence-electron chi connectivity index (χ2n) is 4.74. The zero-order valence-corrected chi connectivity index (χ0v) is 13.2. The van der Waals surface area contributed by atoms with E-state index in [1.165, 1.54) is 0 Å². The highest BCUT2D eigenvalue weighted by Gasteiger charge is 2.18. The molecule has 1 atom stereocenters. The molecule has 0 saturated heterocycles. The normalized spacial score (nSPS) is 14.9. The van der Waals surface area contributed by atoms with Crippen LogP contribution in [0.25, 0.3) is 0 Å². The first-order valence-corrected chi connectivity index (χ1v) is 7.49. The number of halogens is 2. The van der Waals surface area contributed by atoms with Gasteiger partial charge in [-0.3, -0.25) is 4.79 Å². The maximum absolute atomic E-state index is 11.4. The number of hydrogen-bond acceptors (Lipinski definition) is 3. The summed E-state index contributed by atoms with van der Waals surface area (Å²) >= 11 is 9.45. The predicted molar refractivity (Wildman–Crippen MR) is 85.7 cm³/mol. The van der Waals surface area contributed by atoms with Gasteiger partial charge in [0, 0.05) is 4.47 Å². The number of amides is 1. The van der Waals surface area contributed by atoms with Crippen molar-refractivity contribution in [3.05, 3.63) is 57.0 Å². The first kappa shape index (κ1) is 14.4. The highest BCUT2D eigenvalue weighted by Crippen LogP contribution is 2.33. The van der Waals surface area contributed by atoms with Crippen LogP contribution in [0.15, 0.2) is 40.9 Å². The van der Waals surface area contributed by atoms with E-state index >= 15 is 0 Å². The molecule has 108 valence electrons. The van der Waals surface area contributed by atoms with E-state index in [9.17, 15) is 4.79 Å². The first-order valence-electron chi connectivity index (χ1n) is 6.32. The lowest BCUT2D eigenvalue weighted by molar-refractivity contribution is -0.118. The molecule has 3 N–H and O–H groups in total. The number of carbonyl (C=O) groups is 1. The fourth-order valence-electron chi connectivity index (χ4n) is 2.19. The van der Waals surface area contributed by atoms with E-state index in [4.69, 9.17) is 22.1 Å². The fourth-order valence-corrected chi connectivity index (χ4v) is 2.63. The molecule has 1 amide bonds. The van der Waals surface area contributed by atoms with Crippen LogP contribution >= 0.6 is 27.5 Å². The van der Waals surface area contributed by atoms with Gasteiger partial charge in [-0.05, 0) is 51.3 Å². The van der Waals surface area contributed by atoms with Gasteiger partial charge in [-0.2, -0.15) is 0 Å². The SMILES string of the molecule is NC(c1ccc(Br)c(Cl)c1)c1ccc2c(c1)NC(=O)CO2. The van der Waals surface area contributed by atoms with Gasteiger partial charge in [0.2, 0.25) is 0 Å². The minimum atomic E-state index is -0.334. The summed E-state index contributed by atoms with van der Waals surface area (Å²) < 4.78 is 6.16. The second-order valence-corrected chi connectivity index (χ2v) is 6.01. The molecule has 0 spiro atoms. The van der Waals surface area contributed by atoms with Gasteiger partial charge in [-0.1, -0.05) is 23.7 Å². The molecule has 1 aliphatic rings. The summed E-state index contributed by atoms with van der Waals surface area (Å²) in [4.78, 5) is 11.4. The second kappa shape index (κ2) is 5.67. The van der Waals surface area contributed by atoms with E-state index in [0.717, 1.165) is 15.6 Å². The number of anilines is 1. The van der Waals surface area contributed by atoms with E-state index in [1.807, 2.05) is 36.4 Å². The van der Waals surface area contributed by atoms with Gasteiger partial charge in [-0.25, -0.2) is 0 Å². The smallest absolute Gasteiger partial charge is 0.262 e. The molecule has 1 aliphatic heterocycles. The Hall–Kier alpha value is -1.56. The van der Waals surface area contributed by atoms with Gasteiger partial charge in [0.1, 0.15) is 5.75 Å². The lowest BCUT2D eigenvalue weighted by atomic mass is 9.99. The largest absolute Gasteiger partial charge is 0.482 e. The van der Waals surface area contributed by atoms with Gasteiger partial charge in [0.25, 0.3) is 5.91 Å². The number of hydrogen-bond donors (Lipinski definition) is 2. The van der Waals surface area contributed by atoms with Gasteiger partial charge in [0.15, 0.2) is 6.61 Å². The minimum Gasteiger partial charge on any atom is -0.482 e. The van der Waals surface area contributed by atoms with Gasteiger partial charge in [0.05, 0.1) is 16.8 Å². The summed E-state index contributed by atoms with van der Waals surface area (Å²) in [6.45, 7) is 0.0424. The number of rotatable bonds is 2. The Morgan fingerprint density at radius 3 is 2.71 bits per heavy atom. The van der Waals surface area contributed by atoms with Crippen molar-refractivity contribution in [2.75, 3.05) is 11.9 Å². The van der Waals surface area contributed by atoms with Crippen molar-refractivity contribution < 1.29 is 9.53 Å². The third-order valence-electron chi connectivity index (χ3n) is 3.30. The molecule has 2 aromatic carbocycles. The Balaban J connectivity index is 1.94. The Morgan fingerprint density at radius 1 is 1.24 bits per heavy atom. The molecule has 0 bridgehead atoms. The molecule has 0 saturated carbocycles. The standard InChI is InChI=1S/C15H12BrClN2O2/c16-10-3-1-8(5-11(10)17)15(18)9-2-4-13-12(6-9)19-14(20)7-21-13/h1-6,15H,7,18H2,(H,19,20). The molecule has 0 aliphatic carbocycles. The summed E-state index contributed by atoms with van der Waals surface area (Å²) in [5, 5.41) is 3.38. The van der Waals surface area contributed by atoms with Crippen molar-refractivity contribution in [3.63, 3.8) is 0 Å². The minimum absolute atomic E-state index is 0.0424. The van der Waals surface area contributed by atoms with Crippen molar-refractivity contribution in [1.82, 2.24) is 0 Å². The molecular formula is C15H12BrClN2O2. The zero-order valence-electron chi connectivity index (χ0n) is 10.9. The Labute approximate surface area is 135 Å². The number of nitrogens with one attached hydrogen (secondary N) is 1. The van der Waals surface area contributed by atoms with Crippen molar-refractivity contribution in [1.29, 1.82) is 0 Å². The van der Waals surface area contributed by atoms with Crippen molar-refractivity contribution in [2.45, 2.75) is 6.04 Å². The molecule has 0 radical (unpaired) electrons. The van der Waals surface area contributed by atoms with Crippen LogP contribution in [0.5, 0.6) is 5.75 Å². The lowest BCUT2D eigenvalue weighted by Gasteiger charge is -2.20. The first-order chi connectivity index (χ1) is 10.0. The molecular weight excluding hydrogens is 356 g/mol. The van der Waals surface area contributed by atoms with Crippen LogP contribution in [-0.2, 0) is 4.79 Å². The van der Waals surface area contributed by atoms with Crippen LogP contribution in [0, 0.1) is 0 Å². The maximum atomic E-state index is 11.4. The zero-order chi connectivity index (χ0) is 15.0. The number of ether oxygens (including phenoxy) is 1. The van der Waals surface area contributed by atoms with Crippen LogP contribution in [-0.4, -0.2) is 12.5 Å². The maximum Gasteiger partial charge on any atom is 0.262 e. The summed E-state index contributed by atoms with van der Waals surface area (Å²) in [6.07, 6.45) is 0. The summed E-state index contributed by atoms with van der Waals surface area (Å²) in [5.74, 6) is 0.485. The van der Waals surface area contributed by atoms with E-state index < -0.39 is 0 Å². The predicted octanol–water partition coefficient (Wildman–Crippen LogP) is 3.48. The van der Waals surface area contributed by atoms with E-state index in [-0.39, 0.29) is 18.6 Å². The Morgan fingerprint density at radius 2 is 1.95 bits per heavy atom. The fraction of sp³-hybridized carbons (Fsp3) is 0.133. The van der Waals surface area contributed by atoms with E-state index in [1.54, 1.807) is 0 Å². The Kier molecular flexibility index (Phi) is 3.89. The third-order valence-corrected chi connectivity index (χ3v) is 4.53. The molecule has 4 nitrogen and oxygen atoms in total. The molecule has 3 rings (SSSR count). The number of benzene rings is 2. The summed E-state index contributed by atoms with van der Waals surface area (Å²) in [5.41, 5.74) is 8.68. The van der Waals surface area contributed by atoms with Crippen molar-refractivity contribution in [3.8, 4) is 5.75 Å². The molecule has 6 heteroatoms. The number of fused-ring (bicyclic) bond motifs is 1. The summed E-state index contributed by atoms with van der Waals surface area (Å²) in [6, 6.07) is 10.8. The van der Waals surface area contributed by atoms with Gasteiger partial charge in [-0.15, -0.1) is 0 Å². The molecule has 0 fully saturated rings. The molecule has 2 aromatic rings. The highest BCUT2D eigenvalue weighted by molar-refractivity contribution is 9.10. The molecule has 1 heterocycles. The third kappa shape index (κ3) is 2.90. The monoisotopic (exact) mass is 366 g/mol. The van der Waals surface area contributed by atoms with Crippen LogP contribution in [0.4, 0.5) is 5.69 Å². The summed E-state index contributed by atoms with van der Waals surface area (Å²) in [7, 11) is 0. The van der Waals surface area contributed by atoms with Crippen molar-refractivity contribution in [2.24, 2.45) is 5.73 Å². The van der Waals surface area contributed by atoms with Crippen molar-refractivity contribution >= 4 is 39.1 Å². The Bertz CT molecular complexity index is 721. The molecule has 1 unspecified atom stereocenters. The van der Waals surface area contributed by atoms with Crippen LogP contribution < -0.4 is 15.8 Å². The van der Waals surface area contributed by atoms with Crippen LogP contribution in [0.3, 0.4) is 0 Å². The van der Waals surface area contributed by atoms with Gasteiger partial charge >= 0.3 is 0 Å². The number of nitrogens with two attached hydrogens (primary N) is 1. The molecule has 21 heavy (non-hydrogen) atoms. The number of carbonyl (C=O) groups excluding carboxylic acids is 1. The van der Waals surface area contributed by atoms with E-state index in [0.29, 0.717) is 16.5 Å². The quantitative estimate of drug-likeness (QED) is 0.854. The van der Waals surface area contributed by atoms with Crippen LogP contribution in [0.2, 0.25) is 5.02 Å². The van der Waals surface area contributed by atoms with Gasteiger partial charge < -0.3 is 15.8 Å². The molecule has 0 aromatic heterocycles. The average Bonchev–Trinajstić information content (AvgIpc) is 2.48. The van der Waals surface area contributed by atoms with E-state index in [2.05, 4.69) is 21.2 Å².